The predicted octanol–water partition coefficient (Wildman–Crippen LogP) is 5.88. The second-order valence-electron chi connectivity index (χ2n) is 12.6. The molecule has 2 aromatic carbocycles. The van der Waals surface area contributed by atoms with Crippen molar-refractivity contribution in [2.75, 3.05) is 25.8 Å². The molecule has 3 saturated carbocycles. The van der Waals surface area contributed by atoms with Gasteiger partial charge in [0.15, 0.2) is 5.94 Å². The first-order chi connectivity index (χ1) is 19.8. The molecule has 3 fully saturated rings. The van der Waals surface area contributed by atoms with E-state index < -0.39 is 27.9 Å². The summed E-state index contributed by atoms with van der Waals surface area (Å²) in [6, 6.07) is 8.87. The van der Waals surface area contributed by atoms with Crippen LogP contribution in [0.5, 0.6) is 0 Å². The van der Waals surface area contributed by atoms with Gasteiger partial charge in [0, 0.05) is 25.2 Å². The van der Waals surface area contributed by atoms with Crippen LogP contribution >= 0.6 is 0 Å². The minimum Gasteiger partial charge on any atom is -0.381 e. The lowest BCUT2D eigenvalue weighted by molar-refractivity contribution is -0.0181. The van der Waals surface area contributed by atoms with Crippen molar-refractivity contribution in [3.63, 3.8) is 0 Å². The Morgan fingerprint density at radius 2 is 1.61 bits per heavy atom. The van der Waals surface area contributed by atoms with Crippen LogP contribution in [0.15, 0.2) is 30.3 Å². The van der Waals surface area contributed by atoms with Gasteiger partial charge in [-0.05, 0) is 110 Å². The summed E-state index contributed by atoms with van der Waals surface area (Å²) in [7, 11) is -4.33. The third kappa shape index (κ3) is 6.10. The first-order valence-corrected chi connectivity index (χ1v) is 16.9. The van der Waals surface area contributed by atoms with E-state index in [-0.39, 0.29) is 17.7 Å². The quantitative estimate of drug-likeness (QED) is 0.202. The van der Waals surface area contributed by atoms with E-state index in [0.717, 1.165) is 66.9 Å². The number of aryl methyl sites for hydroxylation is 1. The van der Waals surface area contributed by atoms with Gasteiger partial charge in [0.05, 0.1) is 11.1 Å². The number of imide groups is 1. The van der Waals surface area contributed by atoms with E-state index >= 15 is 0 Å². The maximum atomic E-state index is 13.2. The Balaban J connectivity index is 0.947. The van der Waals surface area contributed by atoms with Gasteiger partial charge in [-0.3, -0.25) is 9.59 Å². The van der Waals surface area contributed by atoms with E-state index in [1.165, 1.54) is 32.1 Å². The molecule has 3 aliphatic carbocycles. The zero-order valence-electron chi connectivity index (χ0n) is 23.9. The van der Waals surface area contributed by atoms with Crippen LogP contribution in [0.2, 0.25) is 0 Å². The van der Waals surface area contributed by atoms with Gasteiger partial charge in [-0.1, -0.05) is 31.5 Å². The number of rotatable bonds is 14. The van der Waals surface area contributed by atoms with Crippen molar-refractivity contribution < 1.29 is 31.8 Å². The Kier molecular flexibility index (Phi) is 8.50. The zero-order valence-corrected chi connectivity index (χ0v) is 24.7. The smallest absolute Gasteiger partial charge is 0.313 e. The first-order valence-electron chi connectivity index (χ1n) is 15.3. The van der Waals surface area contributed by atoms with Crippen molar-refractivity contribution in [3.8, 4) is 0 Å². The molecule has 41 heavy (non-hydrogen) atoms. The maximum absolute atomic E-state index is 13.2. The van der Waals surface area contributed by atoms with Crippen LogP contribution in [-0.2, 0) is 30.3 Å². The number of fused-ring (bicyclic) bond motifs is 1. The number of unbranched alkanes of at least 4 members (excludes halogenated alkanes) is 2. The second kappa shape index (κ2) is 12.1. The first kappa shape index (κ1) is 28.8. The zero-order chi connectivity index (χ0) is 28.6. The fourth-order valence-electron chi connectivity index (χ4n) is 7.98. The van der Waals surface area contributed by atoms with Gasteiger partial charge in [0.25, 0.3) is 11.8 Å². The normalized spacial score (nSPS) is 26.9. The number of hydroxylamine groups is 2. The van der Waals surface area contributed by atoms with Gasteiger partial charge in [0.2, 0.25) is 0 Å². The van der Waals surface area contributed by atoms with Crippen molar-refractivity contribution in [3.05, 3.63) is 47.0 Å². The SMILES string of the molecule is CCCCc1cc2c3c(cccc3c1)C(=O)N(OS(=O)(=O)COCCCCOCC1CC3CC4CC(C1)C3C4)C2=O. The molecule has 0 radical (unpaired) electrons. The Hall–Kier alpha value is -2.33. The molecule has 6 rings (SSSR count). The van der Waals surface area contributed by atoms with Crippen molar-refractivity contribution in [2.45, 2.75) is 71.1 Å². The van der Waals surface area contributed by atoms with Gasteiger partial charge in [0.1, 0.15) is 0 Å². The number of ether oxygens (including phenoxy) is 2. The van der Waals surface area contributed by atoms with Crippen LogP contribution < -0.4 is 0 Å². The number of benzene rings is 2. The highest BCUT2D eigenvalue weighted by molar-refractivity contribution is 7.86. The average molecular weight is 584 g/mol. The minimum atomic E-state index is -4.33. The number of nitrogens with zero attached hydrogens (tertiary/aromatic N) is 1. The Bertz CT molecular complexity index is 1390. The van der Waals surface area contributed by atoms with E-state index in [1.807, 2.05) is 12.1 Å². The van der Waals surface area contributed by atoms with Gasteiger partial charge < -0.3 is 9.47 Å². The number of amides is 2. The van der Waals surface area contributed by atoms with Crippen molar-refractivity contribution in [2.24, 2.45) is 29.6 Å². The molecule has 9 heteroatoms. The molecule has 0 aromatic heterocycles. The van der Waals surface area contributed by atoms with E-state index in [4.69, 9.17) is 13.8 Å². The van der Waals surface area contributed by atoms with Crippen molar-refractivity contribution >= 4 is 32.7 Å². The van der Waals surface area contributed by atoms with Gasteiger partial charge in [-0.2, -0.15) is 8.42 Å². The highest BCUT2D eigenvalue weighted by Gasteiger charge is 2.49. The van der Waals surface area contributed by atoms with Crippen LogP contribution in [0.4, 0.5) is 0 Å². The summed E-state index contributed by atoms with van der Waals surface area (Å²) in [4.78, 5) is 26.3. The molecule has 222 valence electrons. The Labute approximate surface area is 242 Å². The molecule has 2 atom stereocenters. The fraction of sp³-hybridized carbons (Fsp3) is 0.625. The highest BCUT2D eigenvalue weighted by atomic mass is 32.2. The fourth-order valence-corrected chi connectivity index (χ4v) is 8.70. The molecule has 2 unspecified atom stereocenters. The molecule has 2 aromatic rings. The average Bonchev–Trinajstić information content (AvgIpc) is 3.55. The van der Waals surface area contributed by atoms with Crippen molar-refractivity contribution in [1.29, 1.82) is 0 Å². The van der Waals surface area contributed by atoms with Gasteiger partial charge in [-0.15, -0.1) is 9.35 Å². The molecular formula is C32H41NO7S. The molecule has 0 spiro atoms. The minimum absolute atomic E-state index is 0.216. The predicted molar refractivity (Wildman–Crippen MR) is 154 cm³/mol. The molecule has 0 saturated heterocycles. The number of hydrogen-bond donors (Lipinski definition) is 0. The Morgan fingerprint density at radius 3 is 2.34 bits per heavy atom. The molecule has 2 bridgehead atoms. The summed E-state index contributed by atoms with van der Waals surface area (Å²) in [6.45, 7) is 3.76. The number of carbonyl (C=O) groups is 2. The largest absolute Gasteiger partial charge is 0.381 e. The van der Waals surface area contributed by atoms with Crippen LogP contribution in [0.25, 0.3) is 10.8 Å². The van der Waals surface area contributed by atoms with E-state index in [9.17, 15) is 18.0 Å². The van der Waals surface area contributed by atoms with Crippen LogP contribution in [0, 0.1) is 29.6 Å². The topological polar surface area (TPSA) is 99.2 Å². The third-order valence-electron chi connectivity index (χ3n) is 9.64. The molecule has 1 aliphatic heterocycles. The second-order valence-corrected chi connectivity index (χ2v) is 14.1. The lowest BCUT2D eigenvalue weighted by Gasteiger charge is -2.39. The molecular weight excluding hydrogens is 542 g/mol. The molecule has 1 heterocycles. The maximum Gasteiger partial charge on any atom is 0.313 e. The third-order valence-corrected chi connectivity index (χ3v) is 10.5. The summed E-state index contributed by atoms with van der Waals surface area (Å²) >= 11 is 0. The summed E-state index contributed by atoms with van der Waals surface area (Å²) in [6.07, 6.45) is 11.1. The van der Waals surface area contributed by atoms with Crippen LogP contribution in [0.1, 0.15) is 91.0 Å². The van der Waals surface area contributed by atoms with Gasteiger partial charge in [-0.25, -0.2) is 0 Å². The molecule has 8 nitrogen and oxygen atoms in total. The monoisotopic (exact) mass is 583 g/mol. The standard InChI is InChI=1S/C32H41NO7S/c1-2-3-7-21-12-24-8-6-9-27-30(24)29(17-21)32(35)33(31(27)34)40-41(36,37)20-39-11-5-4-10-38-19-23-15-25-13-22-14-26(16-23)28(25)18-22/h6,8-9,12,17,22-23,25-26,28H,2-5,7,10-11,13-16,18-20H2,1H3. The summed E-state index contributed by atoms with van der Waals surface area (Å²) in [5.41, 5.74) is 1.47. The van der Waals surface area contributed by atoms with E-state index in [0.29, 0.717) is 29.4 Å². The van der Waals surface area contributed by atoms with E-state index in [1.54, 1.807) is 18.2 Å². The Morgan fingerprint density at radius 1 is 0.878 bits per heavy atom. The highest BCUT2D eigenvalue weighted by Crippen LogP contribution is 2.58. The molecule has 4 aliphatic rings. The van der Waals surface area contributed by atoms with Crippen LogP contribution in [0.3, 0.4) is 0 Å². The number of hydrogen-bond acceptors (Lipinski definition) is 7. The molecule has 0 N–H and O–H groups in total. The van der Waals surface area contributed by atoms with E-state index in [2.05, 4.69) is 6.92 Å². The lowest BCUT2D eigenvalue weighted by atomic mass is 9.67. The number of carbonyl (C=O) groups excluding carboxylic acids is 2. The summed E-state index contributed by atoms with van der Waals surface area (Å²) < 4.78 is 41.6. The summed E-state index contributed by atoms with van der Waals surface area (Å²) in [5, 5.41) is 1.66. The lowest BCUT2D eigenvalue weighted by Crippen LogP contribution is -2.42. The van der Waals surface area contributed by atoms with Crippen molar-refractivity contribution in [1.82, 2.24) is 5.06 Å². The van der Waals surface area contributed by atoms with Gasteiger partial charge >= 0.3 is 10.1 Å². The van der Waals surface area contributed by atoms with Crippen LogP contribution in [-0.4, -0.2) is 51.1 Å². The molecule has 2 amide bonds. The summed E-state index contributed by atoms with van der Waals surface area (Å²) in [5.74, 6) is 2.22.